The molecule has 0 aliphatic carbocycles. The van der Waals surface area contributed by atoms with E-state index >= 15 is 0 Å². The molecule has 1 N–H and O–H groups in total. The molecule has 3 heterocycles. The molecule has 0 aromatic heterocycles. The maximum Gasteiger partial charge on any atom is 0.193 e. The number of hydrogen-bond donors (Lipinski definition) is 1. The lowest BCUT2D eigenvalue weighted by Crippen LogP contribution is -2.43. The van der Waals surface area contributed by atoms with Gasteiger partial charge in [0.05, 0.1) is 6.61 Å². The molecule has 0 bridgehead atoms. The van der Waals surface area contributed by atoms with Gasteiger partial charge in [-0.1, -0.05) is 12.2 Å². The molecule has 3 rings (SSSR count). The minimum Gasteiger partial charge on any atom is -0.383 e. The molecule has 1 unspecified atom stereocenters. The Morgan fingerprint density at radius 1 is 1.15 bits per heavy atom. The van der Waals surface area contributed by atoms with Crippen molar-refractivity contribution in [2.24, 2.45) is 10.9 Å². The molecule has 0 saturated carbocycles. The van der Waals surface area contributed by atoms with E-state index in [9.17, 15) is 0 Å². The fourth-order valence-electron chi connectivity index (χ4n) is 4.28. The number of guanidine groups is 1. The van der Waals surface area contributed by atoms with Crippen LogP contribution in [0, 0.1) is 5.92 Å². The summed E-state index contributed by atoms with van der Waals surface area (Å²) < 4.78 is 5.20. The normalized spacial score (nSPS) is 26.2. The zero-order valence-electron chi connectivity index (χ0n) is 16.7. The Kier molecular flexibility index (Phi) is 7.77. The largest absolute Gasteiger partial charge is 0.383 e. The summed E-state index contributed by atoms with van der Waals surface area (Å²) in [6, 6.07) is 0.679. The van der Waals surface area contributed by atoms with Crippen molar-refractivity contribution < 1.29 is 4.74 Å². The highest BCUT2D eigenvalue weighted by atomic mass is 16.5. The van der Waals surface area contributed by atoms with Crippen molar-refractivity contribution in [1.29, 1.82) is 0 Å². The summed E-state index contributed by atoms with van der Waals surface area (Å²) in [5, 5.41) is 3.53. The van der Waals surface area contributed by atoms with Crippen LogP contribution in [0.1, 0.15) is 26.2 Å². The van der Waals surface area contributed by atoms with Gasteiger partial charge in [0.25, 0.3) is 0 Å². The van der Waals surface area contributed by atoms with Crippen LogP contribution in [0.5, 0.6) is 0 Å². The van der Waals surface area contributed by atoms with Crippen molar-refractivity contribution in [3.63, 3.8) is 0 Å². The smallest absolute Gasteiger partial charge is 0.193 e. The van der Waals surface area contributed by atoms with Crippen molar-refractivity contribution in [3.8, 4) is 0 Å². The SMILES string of the molecule is CCNC(=NCC1CCN(CCOC)CC1)N1CCC(N2CC=CC2)C1. The van der Waals surface area contributed by atoms with E-state index < -0.39 is 0 Å². The van der Waals surface area contributed by atoms with Gasteiger partial charge in [-0.3, -0.25) is 9.89 Å². The summed E-state index contributed by atoms with van der Waals surface area (Å²) >= 11 is 0. The maximum atomic E-state index is 5.20. The van der Waals surface area contributed by atoms with Crippen molar-refractivity contribution in [3.05, 3.63) is 12.2 Å². The Bertz CT molecular complexity index is 465. The second-order valence-corrected chi connectivity index (χ2v) is 7.79. The van der Waals surface area contributed by atoms with Crippen LogP contribution in [0.15, 0.2) is 17.1 Å². The molecule has 1 atom stereocenters. The van der Waals surface area contributed by atoms with Crippen molar-refractivity contribution in [1.82, 2.24) is 20.0 Å². The zero-order valence-corrected chi connectivity index (χ0v) is 16.7. The number of methoxy groups -OCH3 is 1. The number of ether oxygens (including phenoxy) is 1. The third kappa shape index (κ3) is 5.44. The zero-order chi connectivity index (χ0) is 18.2. The second-order valence-electron chi connectivity index (χ2n) is 7.79. The molecule has 148 valence electrons. The number of likely N-dealkylation sites (tertiary alicyclic amines) is 2. The standard InChI is InChI=1S/C20H37N5O/c1-3-21-20(25-13-8-19(17-25)24-9-4-5-10-24)22-16-18-6-11-23(12-7-18)14-15-26-2/h4-5,18-19H,3,6-17H2,1-2H3,(H,21,22). The highest BCUT2D eigenvalue weighted by Crippen LogP contribution is 2.20. The Hall–Kier alpha value is -1.11. The predicted octanol–water partition coefficient (Wildman–Crippen LogP) is 1.26. The lowest BCUT2D eigenvalue weighted by molar-refractivity contribution is 0.121. The lowest BCUT2D eigenvalue weighted by atomic mass is 9.97. The van der Waals surface area contributed by atoms with Crippen LogP contribution in [0.3, 0.4) is 0 Å². The van der Waals surface area contributed by atoms with Crippen LogP contribution in [0.2, 0.25) is 0 Å². The van der Waals surface area contributed by atoms with E-state index in [4.69, 9.17) is 9.73 Å². The summed E-state index contributed by atoms with van der Waals surface area (Å²) in [6.07, 6.45) is 8.36. The number of nitrogens with one attached hydrogen (secondary N) is 1. The third-order valence-corrected chi connectivity index (χ3v) is 5.98. The molecule has 0 aromatic carbocycles. The Morgan fingerprint density at radius 3 is 2.62 bits per heavy atom. The average molecular weight is 364 g/mol. The van der Waals surface area contributed by atoms with E-state index in [1.807, 2.05) is 0 Å². The van der Waals surface area contributed by atoms with Gasteiger partial charge in [-0.05, 0) is 45.2 Å². The van der Waals surface area contributed by atoms with Gasteiger partial charge in [0.2, 0.25) is 0 Å². The van der Waals surface area contributed by atoms with Crippen LogP contribution in [0.4, 0.5) is 0 Å². The fourth-order valence-corrected chi connectivity index (χ4v) is 4.28. The molecule has 0 spiro atoms. The summed E-state index contributed by atoms with van der Waals surface area (Å²) in [4.78, 5) is 12.6. The average Bonchev–Trinajstić information content (AvgIpc) is 3.35. The molecular formula is C20H37N5O. The quantitative estimate of drug-likeness (QED) is 0.419. The highest BCUT2D eigenvalue weighted by molar-refractivity contribution is 5.80. The monoisotopic (exact) mass is 363 g/mol. The van der Waals surface area contributed by atoms with Gasteiger partial charge in [0.15, 0.2) is 5.96 Å². The first-order valence-corrected chi connectivity index (χ1v) is 10.4. The first-order chi connectivity index (χ1) is 12.8. The van der Waals surface area contributed by atoms with E-state index in [2.05, 4.69) is 39.1 Å². The third-order valence-electron chi connectivity index (χ3n) is 5.98. The summed E-state index contributed by atoms with van der Waals surface area (Å²) in [5.74, 6) is 1.85. The number of hydrogen-bond acceptors (Lipinski definition) is 4. The van der Waals surface area contributed by atoms with Gasteiger partial charge in [-0.2, -0.15) is 0 Å². The molecule has 2 saturated heterocycles. The van der Waals surface area contributed by atoms with Crippen LogP contribution < -0.4 is 5.32 Å². The molecular weight excluding hydrogens is 326 g/mol. The molecule has 3 aliphatic rings. The van der Waals surface area contributed by atoms with E-state index in [0.29, 0.717) is 6.04 Å². The summed E-state index contributed by atoms with van der Waals surface area (Å²) in [6.45, 7) is 12.8. The van der Waals surface area contributed by atoms with Gasteiger partial charge < -0.3 is 19.9 Å². The van der Waals surface area contributed by atoms with E-state index in [0.717, 1.165) is 64.3 Å². The van der Waals surface area contributed by atoms with Crippen LogP contribution in [0.25, 0.3) is 0 Å². The molecule has 3 aliphatic heterocycles. The van der Waals surface area contributed by atoms with Crippen molar-refractivity contribution >= 4 is 5.96 Å². The predicted molar refractivity (Wildman–Crippen MR) is 108 cm³/mol. The van der Waals surface area contributed by atoms with Crippen molar-refractivity contribution in [2.75, 3.05) is 72.6 Å². The molecule has 0 amide bonds. The van der Waals surface area contributed by atoms with Crippen LogP contribution in [-0.2, 0) is 4.74 Å². The van der Waals surface area contributed by atoms with Gasteiger partial charge in [0.1, 0.15) is 0 Å². The molecule has 0 radical (unpaired) electrons. The molecule has 6 nitrogen and oxygen atoms in total. The number of aliphatic imine (C=N–C) groups is 1. The number of nitrogens with zero attached hydrogens (tertiary/aromatic N) is 4. The van der Waals surface area contributed by atoms with Crippen LogP contribution in [-0.4, -0.2) is 99.3 Å². The van der Waals surface area contributed by atoms with Gasteiger partial charge >= 0.3 is 0 Å². The Labute approximate surface area is 159 Å². The Balaban J connectivity index is 1.45. The van der Waals surface area contributed by atoms with Gasteiger partial charge in [-0.25, -0.2) is 0 Å². The number of rotatable bonds is 7. The molecule has 6 heteroatoms. The maximum absolute atomic E-state index is 5.20. The number of piperidine rings is 1. The second kappa shape index (κ2) is 10.3. The minimum absolute atomic E-state index is 0.679. The molecule has 2 fully saturated rings. The van der Waals surface area contributed by atoms with Crippen molar-refractivity contribution in [2.45, 2.75) is 32.2 Å². The first-order valence-electron chi connectivity index (χ1n) is 10.4. The lowest BCUT2D eigenvalue weighted by Gasteiger charge is -2.31. The minimum atomic E-state index is 0.679. The van der Waals surface area contributed by atoms with E-state index in [1.165, 1.54) is 32.4 Å². The summed E-state index contributed by atoms with van der Waals surface area (Å²) in [7, 11) is 1.78. The first kappa shape index (κ1) is 19.6. The molecule has 26 heavy (non-hydrogen) atoms. The summed E-state index contributed by atoms with van der Waals surface area (Å²) in [5.41, 5.74) is 0. The van der Waals surface area contributed by atoms with Crippen LogP contribution >= 0.6 is 0 Å². The topological polar surface area (TPSA) is 43.3 Å². The Morgan fingerprint density at radius 2 is 1.92 bits per heavy atom. The van der Waals surface area contributed by atoms with Gasteiger partial charge in [-0.15, -0.1) is 0 Å². The highest BCUT2D eigenvalue weighted by Gasteiger charge is 2.29. The van der Waals surface area contributed by atoms with E-state index in [1.54, 1.807) is 7.11 Å². The molecule has 0 aromatic rings. The van der Waals surface area contributed by atoms with E-state index in [-0.39, 0.29) is 0 Å². The fraction of sp³-hybridized carbons (Fsp3) is 0.850. The van der Waals surface area contributed by atoms with Gasteiger partial charge in [0, 0.05) is 59.0 Å².